The molecule has 0 aromatic heterocycles. The summed E-state index contributed by atoms with van der Waals surface area (Å²) in [5.74, 6) is -1.90. The molecular formula is C14H16FNO3. The van der Waals surface area contributed by atoms with Gasteiger partial charge in [-0.1, -0.05) is 25.0 Å². The van der Waals surface area contributed by atoms with Gasteiger partial charge < -0.3 is 10.4 Å². The number of carbonyl (C=O) groups excluding carboxylic acids is 1. The maximum absolute atomic E-state index is 12.8. The van der Waals surface area contributed by atoms with E-state index in [0.717, 1.165) is 25.7 Å². The SMILES string of the molecule is O=C(NC(C(=O)O)c1ccc(F)cc1)C1CCCC1. The number of nitrogens with one attached hydrogen (secondary N) is 1. The minimum Gasteiger partial charge on any atom is -0.479 e. The second-order valence-corrected chi connectivity index (χ2v) is 4.81. The van der Waals surface area contributed by atoms with E-state index >= 15 is 0 Å². The second-order valence-electron chi connectivity index (χ2n) is 4.81. The van der Waals surface area contributed by atoms with Crippen LogP contribution in [0.3, 0.4) is 0 Å². The first kappa shape index (κ1) is 13.5. The lowest BCUT2D eigenvalue weighted by Gasteiger charge is -2.17. The summed E-state index contributed by atoms with van der Waals surface area (Å²) in [5, 5.41) is 11.7. The summed E-state index contributed by atoms with van der Waals surface area (Å²) >= 11 is 0. The fourth-order valence-corrected chi connectivity index (χ4v) is 2.39. The van der Waals surface area contributed by atoms with Gasteiger partial charge in [0.2, 0.25) is 5.91 Å². The quantitative estimate of drug-likeness (QED) is 0.877. The molecule has 1 saturated carbocycles. The Kier molecular flexibility index (Phi) is 4.14. The summed E-state index contributed by atoms with van der Waals surface area (Å²) in [7, 11) is 0. The highest BCUT2D eigenvalue weighted by molar-refractivity contribution is 5.85. The van der Waals surface area contributed by atoms with Gasteiger partial charge in [-0.2, -0.15) is 0 Å². The van der Waals surface area contributed by atoms with Gasteiger partial charge >= 0.3 is 5.97 Å². The van der Waals surface area contributed by atoms with Crippen molar-refractivity contribution in [2.24, 2.45) is 5.92 Å². The van der Waals surface area contributed by atoms with E-state index < -0.39 is 17.8 Å². The van der Waals surface area contributed by atoms with Crippen LogP contribution in [0.15, 0.2) is 24.3 Å². The van der Waals surface area contributed by atoms with Crippen molar-refractivity contribution >= 4 is 11.9 Å². The molecule has 2 N–H and O–H groups in total. The number of hydrogen-bond donors (Lipinski definition) is 2. The number of aliphatic carboxylic acids is 1. The Morgan fingerprint density at radius 1 is 1.21 bits per heavy atom. The smallest absolute Gasteiger partial charge is 0.330 e. The number of amides is 1. The Morgan fingerprint density at radius 3 is 2.32 bits per heavy atom. The lowest BCUT2D eigenvalue weighted by Crippen LogP contribution is -2.37. The number of benzene rings is 1. The molecule has 1 aliphatic rings. The Balaban J connectivity index is 2.09. The first-order valence-electron chi connectivity index (χ1n) is 6.36. The molecule has 102 valence electrons. The summed E-state index contributed by atoms with van der Waals surface area (Å²) in [5.41, 5.74) is 0.375. The van der Waals surface area contributed by atoms with Crippen LogP contribution in [-0.4, -0.2) is 17.0 Å². The molecule has 1 aromatic carbocycles. The van der Waals surface area contributed by atoms with Crippen LogP contribution in [0.1, 0.15) is 37.3 Å². The normalized spacial score (nSPS) is 17.1. The molecular weight excluding hydrogens is 249 g/mol. The monoisotopic (exact) mass is 265 g/mol. The molecule has 1 aromatic rings. The molecule has 5 heteroatoms. The van der Waals surface area contributed by atoms with Gasteiger partial charge in [-0.05, 0) is 30.5 Å². The van der Waals surface area contributed by atoms with Gasteiger partial charge in [0.15, 0.2) is 6.04 Å². The van der Waals surface area contributed by atoms with Gasteiger partial charge in [-0.3, -0.25) is 4.79 Å². The van der Waals surface area contributed by atoms with Crippen LogP contribution in [0.4, 0.5) is 4.39 Å². The number of hydrogen-bond acceptors (Lipinski definition) is 2. The van der Waals surface area contributed by atoms with Gasteiger partial charge in [-0.15, -0.1) is 0 Å². The first-order chi connectivity index (χ1) is 9.08. The van der Waals surface area contributed by atoms with Crippen LogP contribution in [0.2, 0.25) is 0 Å². The highest BCUT2D eigenvalue weighted by Crippen LogP contribution is 2.26. The lowest BCUT2D eigenvalue weighted by molar-refractivity contribution is -0.142. The molecule has 1 fully saturated rings. The summed E-state index contributed by atoms with van der Waals surface area (Å²) in [6, 6.07) is 4.01. The van der Waals surface area contributed by atoms with Crippen molar-refractivity contribution in [3.05, 3.63) is 35.6 Å². The molecule has 19 heavy (non-hydrogen) atoms. The van der Waals surface area contributed by atoms with Crippen LogP contribution in [-0.2, 0) is 9.59 Å². The minimum atomic E-state index is -1.14. The average Bonchev–Trinajstić information content (AvgIpc) is 2.90. The molecule has 1 atom stereocenters. The van der Waals surface area contributed by atoms with E-state index in [1.54, 1.807) is 0 Å². The molecule has 0 radical (unpaired) electrons. The maximum atomic E-state index is 12.8. The van der Waals surface area contributed by atoms with Crippen LogP contribution >= 0.6 is 0 Å². The standard InChI is InChI=1S/C14H16FNO3/c15-11-7-5-9(6-8-11)12(14(18)19)16-13(17)10-3-1-2-4-10/h5-8,10,12H,1-4H2,(H,16,17)(H,18,19). The van der Waals surface area contributed by atoms with Gasteiger partial charge in [0.1, 0.15) is 5.82 Å². The van der Waals surface area contributed by atoms with Gasteiger partial charge in [-0.25, -0.2) is 9.18 Å². The summed E-state index contributed by atoms with van der Waals surface area (Å²) in [4.78, 5) is 23.2. The van der Waals surface area contributed by atoms with Crippen LogP contribution in [0.5, 0.6) is 0 Å². The molecule has 0 aliphatic heterocycles. The highest BCUT2D eigenvalue weighted by Gasteiger charge is 2.28. The third kappa shape index (κ3) is 3.30. The summed E-state index contributed by atoms with van der Waals surface area (Å²) in [6.07, 6.45) is 3.63. The summed E-state index contributed by atoms with van der Waals surface area (Å²) < 4.78 is 12.8. The van der Waals surface area contributed by atoms with Crippen LogP contribution < -0.4 is 5.32 Å². The first-order valence-corrected chi connectivity index (χ1v) is 6.36. The van der Waals surface area contributed by atoms with E-state index in [1.165, 1.54) is 24.3 Å². The van der Waals surface area contributed by atoms with Gasteiger partial charge in [0.05, 0.1) is 0 Å². The van der Waals surface area contributed by atoms with Crippen molar-refractivity contribution in [2.45, 2.75) is 31.7 Å². The number of carboxylic acid groups (broad SMARTS) is 1. The topological polar surface area (TPSA) is 66.4 Å². The molecule has 2 rings (SSSR count). The molecule has 4 nitrogen and oxygen atoms in total. The fraction of sp³-hybridized carbons (Fsp3) is 0.429. The Bertz CT molecular complexity index is 466. The largest absolute Gasteiger partial charge is 0.479 e. The van der Waals surface area contributed by atoms with Crippen molar-refractivity contribution in [1.29, 1.82) is 0 Å². The zero-order valence-electron chi connectivity index (χ0n) is 10.4. The van der Waals surface area contributed by atoms with Gasteiger partial charge in [0, 0.05) is 5.92 Å². The van der Waals surface area contributed by atoms with E-state index in [-0.39, 0.29) is 11.8 Å². The average molecular weight is 265 g/mol. The van der Waals surface area contributed by atoms with Crippen LogP contribution in [0.25, 0.3) is 0 Å². The molecule has 1 amide bonds. The van der Waals surface area contributed by atoms with Crippen molar-refractivity contribution in [3.63, 3.8) is 0 Å². The Hall–Kier alpha value is -1.91. The van der Waals surface area contributed by atoms with Crippen molar-refractivity contribution in [3.8, 4) is 0 Å². The van der Waals surface area contributed by atoms with E-state index in [1.807, 2.05) is 0 Å². The second kappa shape index (κ2) is 5.82. The highest BCUT2D eigenvalue weighted by atomic mass is 19.1. The zero-order valence-corrected chi connectivity index (χ0v) is 10.4. The minimum absolute atomic E-state index is 0.0951. The number of carboxylic acids is 1. The van der Waals surface area contributed by atoms with Crippen molar-refractivity contribution < 1.29 is 19.1 Å². The third-order valence-corrected chi connectivity index (χ3v) is 3.46. The number of carbonyl (C=O) groups is 2. The van der Waals surface area contributed by atoms with Gasteiger partial charge in [0.25, 0.3) is 0 Å². The Labute approximate surface area is 110 Å². The van der Waals surface area contributed by atoms with E-state index in [2.05, 4.69) is 5.32 Å². The molecule has 1 aliphatic carbocycles. The predicted octanol–water partition coefficient (Wildman–Crippen LogP) is 2.26. The number of rotatable bonds is 4. The molecule has 0 spiro atoms. The Morgan fingerprint density at radius 2 is 1.79 bits per heavy atom. The molecule has 0 saturated heterocycles. The zero-order chi connectivity index (χ0) is 13.8. The molecule has 0 heterocycles. The number of halogens is 1. The molecule has 1 unspecified atom stereocenters. The lowest BCUT2D eigenvalue weighted by atomic mass is 10.0. The molecule has 0 bridgehead atoms. The predicted molar refractivity (Wildman–Crippen MR) is 66.9 cm³/mol. The summed E-state index contributed by atoms with van der Waals surface area (Å²) in [6.45, 7) is 0. The van der Waals surface area contributed by atoms with E-state index in [9.17, 15) is 19.1 Å². The fourth-order valence-electron chi connectivity index (χ4n) is 2.39. The maximum Gasteiger partial charge on any atom is 0.330 e. The van der Waals surface area contributed by atoms with Crippen LogP contribution in [0, 0.1) is 11.7 Å². The van der Waals surface area contributed by atoms with E-state index in [4.69, 9.17) is 0 Å². The van der Waals surface area contributed by atoms with Crippen molar-refractivity contribution in [1.82, 2.24) is 5.32 Å². The van der Waals surface area contributed by atoms with Crippen molar-refractivity contribution in [2.75, 3.05) is 0 Å². The van der Waals surface area contributed by atoms with E-state index in [0.29, 0.717) is 5.56 Å². The third-order valence-electron chi connectivity index (χ3n) is 3.46.